The standard InChI is InChI=1S/C16H14F3NO/c17-11-3-10(9-20-14-1-2-14)4-15(6-11)21-16-7-12(18)5-13(19)8-16/h3-8,14,20H,1-2,9H2. The van der Waals surface area contributed by atoms with Crippen molar-refractivity contribution in [2.24, 2.45) is 0 Å². The molecule has 2 aromatic carbocycles. The molecule has 3 rings (SSSR count). The second-order valence-corrected chi connectivity index (χ2v) is 5.16. The van der Waals surface area contributed by atoms with E-state index < -0.39 is 17.5 Å². The van der Waals surface area contributed by atoms with E-state index in [0.29, 0.717) is 12.6 Å². The molecule has 2 aromatic rings. The maximum Gasteiger partial charge on any atom is 0.133 e. The number of rotatable bonds is 5. The van der Waals surface area contributed by atoms with Crippen LogP contribution in [0.15, 0.2) is 36.4 Å². The molecule has 1 saturated carbocycles. The van der Waals surface area contributed by atoms with Crippen molar-refractivity contribution in [3.63, 3.8) is 0 Å². The van der Waals surface area contributed by atoms with Crippen LogP contribution in [0.25, 0.3) is 0 Å². The Morgan fingerprint density at radius 1 is 0.857 bits per heavy atom. The van der Waals surface area contributed by atoms with Gasteiger partial charge in [-0.3, -0.25) is 0 Å². The molecule has 0 aromatic heterocycles. The van der Waals surface area contributed by atoms with E-state index in [-0.39, 0.29) is 11.5 Å². The maximum absolute atomic E-state index is 13.6. The number of hydrogen-bond donors (Lipinski definition) is 1. The van der Waals surface area contributed by atoms with Crippen LogP contribution in [-0.4, -0.2) is 6.04 Å². The Hall–Kier alpha value is -2.01. The fraction of sp³-hybridized carbons (Fsp3) is 0.250. The second kappa shape index (κ2) is 5.77. The average molecular weight is 293 g/mol. The predicted molar refractivity (Wildman–Crippen MR) is 72.7 cm³/mol. The number of ether oxygens (including phenoxy) is 1. The van der Waals surface area contributed by atoms with Crippen molar-refractivity contribution in [2.75, 3.05) is 0 Å². The predicted octanol–water partition coefficient (Wildman–Crippen LogP) is 4.15. The van der Waals surface area contributed by atoms with E-state index in [1.807, 2.05) is 0 Å². The van der Waals surface area contributed by atoms with Crippen LogP contribution in [0.3, 0.4) is 0 Å². The van der Waals surface area contributed by atoms with Crippen LogP contribution in [0.2, 0.25) is 0 Å². The molecule has 110 valence electrons. The highest BCUT2D eigenvalue weighted by Crippen LogP contribution is 2.26. The molecule has 1 aliphatic rings. The van der Waals surface area contributed by atoms with Crippen molar-refractivity contribution in [2.45, 2.75) is 25.4 Å². The summed E-state index contributed by atoms with van der Waals surface area (Å²) >= 11 is 0. The van der Waals surface area contributed by atoms with Gasteiger partial charge in [0.15, 0.2) is 0 Å². The van der Waals surface area contributed by atoms with Crippen molar-refractivity contribution in [1.82, 2.24) is 5.32 Å². The van der Waals surface area contributed by atoms with E-state index in [9.17, 15) is 13.2 Å². The van der Waals surface area contributed by atoms with Crippen LogP contribution in [0.1, 0.15) is 18.4 Å². The number of benzene rings is 2. The first kappa shape index (κ1) is 13.9. The lowest BCUT2D eigenvalue weighted by Crippen LogP contribution is -2.15. The van der Waals surface area contributed by atoms with Gasteiger partial charge in [0, 0.05) is 36.9 Å². The van der Waals surface area contributed by atoms with Gasteiger partial charge in [-0.05, 0) is 30.5 Å². The molecular weight excluding hydrogens is 279 g/mol. The zero-order valence-corrected chi connectivity index (χ0v) is 11.2. The topological polar surface area (TPSA) is 21.3 Å². The summed E-state index contributed by atoms with van der Waals surface area (Å²) in [5, 5.41) is 3.27. The molecular formula is C16H14F3NO. The summed E-state index contributed by atoms with van der Waals surface area (Å²) in [5.74, 6) is -1.71. The molecule has 0 spiro atoms. The maximum atomic E-state index is 13.6. The molecule has 0 aliphatic heterocycles. The molecule has 0 atom stereocenters. The lowest BCUT2D eigenvalue weighted by Gasteiger charge is -2.09. The Kier molecular flexibility index (Phi) is 3.84. The Labute approximate surface area is 120 Å². The number of halogens is 3. The van der Waals surface area contributed by atoms with Crippen molar-refractivity contribution >= 4 is 0 Å². The van der Waals surface area contributed by atoms with E-state index >= 15 is 0 Å². The summed E-state index contributed by atoms with van der Waals surface area (Å²) in [6.07, 6.45) is 2.28. The summed E-state index contributed by atoms with van der Waals surface area (Å²) in [5.41, 5.74) is 0.730. The molecule has 5 heteroatoms. The number of hydrogen-bond acceptors (Lipinski definition) is 2. The normalized spacial score (nSPS) is 14.2. The molecule has 0 unspecified atom stereocenters. The molecule has 1 fully saturated rings. The lowest BCUT2D eigenvalue weighted by atomic mass is 10.2. The van der Waals surface area contributed by atoms with Gasteiger partial charge in [-0.25, -0.2) is 13.2 Å². The summed E-state index contributed by atoms with van der Waals surface area (Å²) < 4.78 is 45.1. The molecule has 21 heavy (non-hydrogen) atoms. The highest BCUT2D eigenvalue weighted by atomic mass is 19.1. The summed E-state index contributed by atoms with van der Waals surface area (Å²) in [4.78, 5) is 0. The minimum absolute atomic E-state index is 0.000739. The number of nitrogens with one attached hydrogen (secondary N) is 1. The van der Waals surface area contributed by atoms with E-state index in [4.69, 9.17) is 4.74 Å². The minimum Gasteiger partial charge on any atom is -0.457 e. The molecule has 0 heterocycles. The van der Waals surface area contributed by atoms with Gasteiger partial charge in [-0.1, -0.05) is 0 Å². The van der Waals surface area contributed by atoms with Crippen LogP contribution in [0.4, 0.5) is 13.2 Å². The Morgan fingerprint density at radius 2 is 1.43 bits per heavy atom. The molecule has 1 aliphatic carbocycles. The summed E-state index contributed by atoms with van der Waals surface area (Å²) in [6.45, 7) is 0.538. The van der Waals surface area contributed by atoms with Gasteiger partial charge >= 0.3 is 0 Å². The molecule has 2 nitrogen and oxygen atoms in total. The van der Waals surface area contributed by atoms with E-state index in [1.54, 1.807) is 6.07 Å². The third-order valence-electron chi connectivity index (χ3n) is 3.18. The summed E-state index contributed by atoms with van der Waals surface area (Å²) in [7, 11) is 0. The largest absolute Gasteiger partial charge is 0.457 e. The second-order valence-electron chi connectivity index (χ2n) is 5.16. The quantitative estimate of drug-likeness (QED) is 0.894. The van der Waals surface area contributed by atoms with Gasteiger partial charge in [-0.2, -0.15) is 0 Å². The first-order valence-electron chi connectivity index (χ1n) is 6.75. The van der Waals surface area contributed by atoms with Crippen LogP contribution < -0.4 is 10.1 Å². The first-order valence-corrected chi connectivity index (χ1v) is 6.75. The minimum atomic E-state index is -0.739. The van der Waals surface area contributed by atoms with Gasteiger partial charge in [0.05, 0.1) is 0 Å². The average Bonchev–Trinajstić information content (AvgIpc) is 3.18. The van der Waals surface area contributed by atoms with E-state index in [2.05, 4.69) is 5.32 Å². The van der Waals surface area contributed by atoms with Gasteiger partial charge in [-0.15, -0.1) is 0 Å². The van der Waals surface area contributed by atoms with Crippen molar-refractivity contribution in [3.05, 3.63) is 59.4 Å². The van der Waals surface area contributed by atoms with Gasteiger partial charge in [0.2, 0.25) is 0 Å². The van der Waals surface area contributed by atoms with Crippen molar-refractivity contribution in [1.29, 1.82) is 0 Å². The van der Waals surface area contributed by atoms with E-state index in [1.165, 1.54) is 12.1 Å². The first-order chi connectivity index (χ1) is 10.1. The van der Waals surface area contributed by atoms with Crippen molar-refractivity contribution in [3.8, 4) is 11.5 Å². The molecule has 0 bridgehead atoms. The van der Waals surface area contributed by atoms with Crippen LogP contribution in [0, 0.1) is 17.5 Å². The third-order valence-corrected chi connectivity index (χ3v) is 3.18. The van der Waals surface area contributed by atoms with Gasteiger partial charge < -0.3 is 10.1 Å². The fourth-order valence-electron chi connectivity index (χ4n) is 2.05. The molecule has 0 amide bonds. The smallest absolute Gasteiger partial charge is 0.133 e. The monoisotopic (exact) mass is 293 g/mol. The summed E-state index contributed by atoms with van der Waals surface area (Å²) in [6, 6.07) is 7.62. The Bertz CT molecular complexity index is 636. The zero-order valence-electron chi connectivity index (χ0n) is 11.2. The highest BCUT2D eigenvalue weighted by Gasteiger charge is 2.20. The van der Waals surface area contributed by atoms with Crippen LogP contribution in [-0.2, 0) is 6.54 Å². The zero-order chi connectivity index (χ0) is 14.8. The molecule has 0 radical (unpaired) electrons. The van der Waals surface area contributed by atoms with E-state index in [0.717, 1.165) is 36.6 Å². The van der Waals surface area contributed by atoms with Crippen molar-refractivity contribution < 1.29 is 17.9 Å². The molecule has 0 saturated heterocycles. The third kappa shape index (κ3) is 3.98. The van der Waals surface area contributed by atoms with Crippen LogP contribution >= 0.6 is 0 Å². The SMILES string of the molecule is Fc1cc(F)cc(Oc2cc(F)cc(CNC3CC3)c2)c1. The van der Waals surface area contributed by atoms with Gasteiger partial charge in [0.1, 0.15) is 29.0 Å². The highest BCUT2D eigenvalue weighted by molar-refractivity contribution is 5.35. The Morgan fingerprint density at radius 3 is 2.05 bits per heavy atom. The Balaban J connectivity index is 1.76. The fourth-order valence-corrected chi connectivity index (χ4v) is 2.05. The van der Waals surface area contributed by atoms with Crippen LogP contribution in [0.5, 0.6) is 11.5 Å². The lowest BCUT2D eigenvalue weighted by molar-refractivity contribution is 0.462. The van der Waals surface area contributed by atoms with Gasteiger partial charge in [0.25, 0.3) is 0 Å². The molecule has 1 N–H and O–H groups in total.